The number of aliphatic hydroxyl groups is 1. The molecule has 0 saturated heterocycles. The van der Waals surface area contributed by atoms with Gasteiger partial charge in [-0.3, -0.25) is 4.79 Å². The molecule has 29 heavy (non-hydrogen) atoms. The van der Waals surface area contributed by atoms with E-state index in [0.29, 0.717) is 18.2 Å². The first-order valence-electron chi connectivity index (χ1n) is 11.8. The number of fused-ring (bicyclic) bond motifs is 5. The van der Waals surface area contributed by atoms with Crippen molar-refractivity contribution in [3.63, 3.8) is 0 Å². The van der Waals surface area contributed by atoms with Gasteiger partial charge in [-0.05, 0) is 110 Å². The summed E-state index contributed by atoms with van der Waals surface area (Å²) in [7, 11) is 1.00. The van der Waals surface area contributed by atoms with Crippen LogP contribution in [0.25, 0.3) is 0 Å². The zero-order valence-electron chi connectivity index (χ0n) is 18.3. The standard InChI is InChI=1S/C22H34N4O.CH4O/c1-13-3-5-16-15(11-13)4-6-18-17(16)7-8-20-19(18)9-10-21(20)22(27)12-26-14(2)23-24-25-26;1-2/h13,15-21H,3-12H2,1-2H3;2H,1H3/t13?,15?,16?,17?,18?,19?,20?,21-;/m0./s1. The maximum Gasteiger partial charge on any atom is 0.157 e. The minimum atomic E-state index is 0.253. The lowest BCUT2D eigenvalue weighted by Gasteiger charge is -2.53. The van der Waals surface area contributed by atoms with Crippen LogP contribution >= 0.6 is 0 Å². The lowest BCUT2D eigenvalue weighted by molar-refractivity contribution is -0.126. The molecule has 1 N–H and O–H groups in total. The number of aromatic nitrogens is 4. The fourth-order valence-electron chi connectivity index (χ4n) is 7.81. The zero-order chi connectivity index (χ0) is 20.5. The van der Waals surface area contributed by atoms with Crippen LogP contribution in [0.3, 0.4) is 0 Å². The SMILES string of the molecule is CO.Cc1nnnn1CC(=O)[C@H]1CCC2C3CCC4CC(C)CCC4C3CCC21. The van der Waals surface area contributed by atoms with Gasteiger partial charge in [-0.1, -0.05) is 13.3 Å². The Hall–Kier alpha value is -1.30. The molecule has 4 saturated carbocycles. The van der Waals surface area contributed by atoms with Gasteiger partial charge in [0, 0.05) is 13.0 Å². The maximum absolute atomic E-state index is 13.0. The van der Waals surface area contributed by atoms with Gasteiger partial charge in [0.25, 0.3) is 0 Å². The minimum absolute atomic E-state index is 0.253. The van der Waals surface area contributed by atoms with Crippen molar-refractivity contribution in [1.29, 1.82) is 0 Å². The van der Waals surface area contributed by atoms with Crippen LogP contribution in [0.15, 0.2) is 0 Å². The third-order valence-electron chi connectivity index (χ3n) is 8.97. The monoisotopic (exact) mass is 402 g/mol. The summed E-state index contributed by atoms with van der Waals surface area (Å²) in [5.41, 5.74) is 0. The van der Waals surface area contributed by atoms with Gasteiger partial charge in [-0.15, -0.1) is 5.10 Å². The Morgan fingerprint density at radius 2 is 1.55 bits per heavy atom. The first kappa shape index (κ1) is 21.0. The number of aryl methyl sites for hydroxylation is 1. The smallest absolute Gasteiger partial charge is 0.157 e. The highest BCUT2D eigenvalue weighted by Gasteiger charge is 2.52. The van der Waals surface area contributed by atoms with E-state index in [4.69, 9.17) is 5.11 Å². The third kappa shape index (κ3) is 3.89. The van der Waals surface area contributed by atoms with Gasteiger partial charge in [0.05, 0.1) is 0 Å². The first-order chi connectivity index (χ1) is 14.1. The molecule has 6 heteroatoms. The Morgan fingerprint density at radius 1 is 0.931 bits per heavy atom. The Balaban J connectivity index is 0.000000994. The Labute approximate surface area is 174 Å². The molecule has 1 heterocycles. The van der Waals surface area contributed by atoms with Gasteiger partial charge in [0.2, 0.25) is 0 Å². The number of rotatable bonds is 3. The van der Waals surface area contributed by atoms with Crippen LogP contribution in [-0.4, -0.2) is 38.2 Å². The molecule has 4 aliphatic rings. The molecule has 7 unspecified atom stereocenters. The summed E-state index contributed by atoms with van der Waals surface area (Å²) in [5.74, 6) is 7.64. The number of tetrazole rings is 1. The Bertz CT molecular complexity index is 705. The molecule has 1 aromatic rings. The number of carbonyl (C=O) groups is 1. The van der Waals surface area contributed by atoms with E-state index in [1.54, 1.807) is 4.68 Å². The summed E-state index contributed by atoms with van der Waals surface area (Å²) in [6, 6.07) is 0. The summed E-state index contributed by atoms with van der Waals surface area (Å²) in [6.07, 6.45) is 12.4. The molecule has 4 aliphatic carbocycles. The molecule has 5 rings (SSSR count). The second kappa shape index (κ2) is 8.83. The summed E-state index contributed by atoms with van der Waals surface area (Å²) in [4.78, 5) is 13.0. The van der Waals surface area contributed by atoms with Crippen molar-refractivity contribution in [2.45, 2.75) is 78.2 Å². The fourth-order valence-corrected chi connectivity index (χ4v) is 7.81. The van der Waals surface area contributed by atoms with Crippen LogP contribution < -0.4 is 0 Å². The predicted molar refractivity (Wildman–Crippen MR) is 111 cm³/mol. The second-order valence-corrected chi connectivity index (χ2v) is 10.2. The molecule has 0 aliphatic heterocycles. The molecule has 0 spiro atoms. The van der Waals surface area contributed by atoms with Gasteiger partial charge < -0.3 is 5.11 Å². The number of nitrogens with zero attached hydrogens (tertiary/aromatic N) is 4. The van der Waals surface area contributed by atoms with Crippen molar-refractivity contribution in [1.82, 2.24) is 20.2 Å². The quantitative estimate of drug-likeness (QED) is 0.834. The van der Waals surface area contributed by atoms with Crippen LogP contribution in [0.4, 0.5) is 0 Å². The molecule has 162 valence electrons. The molecular formula is C23H38N4O2. The zero-order valence-corrected chi connectivity index (χ0v) is 18.3. The Kier molecular flexibility index (Phi) is 6.38. The molecule has 0 radical (unpaired) electrons. The number of aliphatic hydroxyl groups excluding tert-OH is 1. The van der Waals surface area contributed by atoms with Crippen molar-refractivity contribution < 1.29 is 9.90 Å². The lowest BCUT2D eigenvalue weighted by atomic mass is 9.52. The molecule has 1 aromatic heterocycles. The van der Waals surface area contributed by atoms with Crippen molar-refractivity contribution in [2.75, 3.05) is 7.11 Å². The van der Waals surface area contributed by atoms with Crippen molar-refractivity contribution in [3.8, 4) is 0 Å². The largest absolute Gasteiger partial charge is 0.400 e. The van der Waals surface area contributed by atoms with E-state index in [-0.39, 0.29) is 5.92 Å². The maximum atomic E-state index is 13.0. The van der Waals surface area contributed by atoms with Crippen molar-refractivity contribution >= 4 is 5.78 Å². The number of hydrogen-bond donors (Lipinski definition) is 1. The van der Waals surface area contributed by atoms with E-state index in [2.05, 4.69) is 22.4 Å². The van der Waals surface area contributed by atoms with Gasteiger partial charge >= 0.3 is 0 Å². The highest BCUT2D eigenvalue weighted by molar-refractivity contribution is 5.81. The van der Waals surface area contributed by atoms with E-state index in [1.807, 2.05) is 6.92 Å². The Morgan fingerprint density at radius 3 is 2.31 bits per heavy atom. The van der Waals surface area contributed by atoms with Crippen LogP contribution in [-0.2, 0) is 11.3 Å². The fraction of sp³-hybridized carbons (Fsp3) is 0.913. The van der Waals surface area contributed by atoms with E-state index in [9.17, 15) is 4.79 Å². The molecule has 6 nitrogen and oxygen atoms in total. The number of carbonyl (C=O) groups excluding carboxylic acids is 1. The van der Waals surface area contributed by atoms with Crippen LogP contribution in [0.5, 0.6) is 0 Å². The lowest BCUT2D eigenvalue weighted by Crippen LogP contribution is -2.45. The highest BCUT2D eigenvalue weighted by atomic mass is 16.2. The molecule has 4 fully saturated rings. The van der Waals surface area contributed by atoms with E-state index in [1.165, 1.54) is 51.4 Å². The average Bonchev–Trinajstić information content (AvgIpc) is 3.35. The summed E-state index contributed by atoms with van der Waals surface area (Å²) < 4.78 is 1.68. The second-order valence-electron chi connectivity index (χ2n) is 10.2. The van der Waals surface area contributed by atoms with Gasteiger partial charge in [-0.25, -0.2) is 4.68 Å². The number of ketones is 1. The van der Waals surface area contributed by atoms with Crippen molar-refractivity contribution in [3.05, 3.63) is 5.82 Å². The van der Waals surface area contributed by atoms with Gasteiger partial charge in [0.15, 0.2) is 5.78 Å². The minimum Gasteiger partial charge on any atom is -0.400 e. The van der Waals surface area contributed by atoms with Crippen LogP contribution in [0.2, 0.25) is 0 Å². The van der Waals surface area contributed by atoms with Gasteiger partial charge in [-0.2, -0.15) is 0 Å². The summed E-state index contributed by atoms with van der Waals surface area (Å²) in [6.45, 7) is 4.70. The summed E-state index contributed by atoms with van der Waals surface area (Å²) in [5, 5.41) is 18.6. The average molecular weight is 403 g/mol. The van der Waals surface area contributed by atoms with E-state index in [0.717, 1.165) is 54.9 Å². The molecule has 0 amide bonds. The van der Waals surface area contributed by atoms with E-state index < -0.39 is 0 Å². The third-order valence-corrected chi connectivity index (χ3v) is 8.97. The van der Waals surface area contributed by atoms with E-state index >= 15 is 0 Å². The van der Waals surface area contributed by atoms with Crippen molar-refractivity contribution in [2.24, 2.45) is 47.3 Å². The molecule has 8 atom stereocenters. The van der Waals surface area contributed by atoms with Gasteiger partial charge in [0.1, 0.15) is 12.4 Å². The molecule has 0 bridgehead atoms. The molecule has 0 aromatic carbocycles. The number of Topliss-reactive ketones (excluding diaryl/α,β-unsaturated/α-hetero) is 1. The topological polar surface area (TPSA) is 80.9 Å². The predicted octanol–water partition coefficient (Wildman–Crippen LogP) is 3.67. The van der Waals surface area contributed by atoms with Crippen LogP contribution in [0, 0.1) is 54.3 Å². The summed E-state index contributed by atoms with van der Waals surface area (Å²) >= 11 is 0. The first-order valence-corrected chi connectivity index (χ1v) is 11.8. The van der Waals surface area contributed by atoms with Crippen LogP contribution in [0.1, 0.15) is 70.5 Å². The number of hydrogen-bond acceptors (Lipinski definition) is 5. The highest BCUT2D eigenvalue weighted by Crippen LogP contribution is 2.59. The normalized spacial score (nSPS) is 40.8. The molecular weight excluding hydrogens is 364 g/mol.